The van der Waals surface area contributed by atoms with Gasteiger partial charge in [-0.25, -0.2) is 0 Å². The Labute approximate surface area is 82.0 Å². The third kappa shape index (κ3) is 6.72. The van der Waals surface area contributed by atoms with Gasteiger partial charge in [0.2, 0.25) is 0 Å². The second-order valence-electron chi connectivity index (χ2n) is 4.61. The van der Waals surface area contributed by atoms with Gasteiger partial charge in [-0.15, -0.1) is 18.2 Å². The Balaban J connectivity index is 3.78. The maximum Gasteiger partial charge on any atom is 0.0312 e. The highest BCUT2D eigenvalue weighted by Crippen LogP contribution is 2.30. The van der Waals surface area contributed by atoms with E-state index in [0.717, 1.165) is 12.8 Å². The Bertz CT molecular complexity index is 145. The molecule has 1 heteroatoms. The van der Waals surface area contributed by atoms with Gasteiger partial charge < -0.3 is 0 Å². The lowest BCUT2D eigenvalue weighted by molar-refractivity contribution is 0.307. The zero-order chi connectivity index (χ0) is 9.78. The van der Waals surface area contributed by atoms with Crippen LogP contribution < -0.4 is 0 Å². The number of hydrogen-bond acceptors (Lipinski definition) is 0. The van der Waals surface area contributed by atoms with Crippen LogP contribution in [0.5, 0.6) is 0 Å². The van der Waals surface area contributed by atoms with E-state index in [0.29, 0.717) is 5.41 Å². The van der Waals surface area contributed by atoms with Crippen molar-refractivity contribution < 1.29 is 0 Å². The minimum absolute atomic E-state index is 0.283. The molecule has 0 saturated heterocycles. The summed E-state index contributed by atoms with van der Waals surface area (Å²) in [6, 6.07) is 0. The van der Waals surface area contributed by atoms with Crippen molar-refractivity contribution in [3.63, 3.8) is 0 Å². The van der Waals surface area contributed by atoms with Crippen LogP contribution in [0.25, 0.3) is 0 Å². The number of alkyl halides is 1. The Morgan fingerprint density at radius 3 is 2.33 bits per heavy atom. The third-order valence-electron chi connectivity index (χ3n) is 2.06. The first-order valence-corrected chi connectivity index (χ1v) is 5.05. The summed E-state index contributed by atoms with van der Waals surface area (Å²) in [4.78, 5) is 0. The number of rotatable bonds is 5. The van der Waals surface area contributed by atoms with Crippen molar-refractivity contribution in [2.45, 2.75) is 52.3 Å². The SMILES string of the molecule is C=C(C)CCC(C)(C)CC(C)Cl. The molecule has 0 aliphatic carbocycles. The summed E-state index contributed by atoms with van der Waals surface area (Å²) in [7, 11) is 0. The topological polar surface area (TPSA) is 0 Å². The summed E-state index contributed by atoms with van der Waals surface area (Å²) in [6.07, 6.45) is 3.40. The molecule has 0 radical (unpaired) electrons. The van der Waals surface area contributed by atoms with E-state index in [1.165, 1.54) is 12.0 Å². The van der Waals surface area contributed by atoms with E-state index < -0.39 is 0 Å². The van der Waals surface area contributed by atoms with Gasteiger partial charge in [0.05, 0.1) is 0 Å². The minimum Gasteiger partial charge on any atom is -0.123 e. The summed E-state index contributed by atoms with van der Waals surface area (Å²) in [5, 5.41) is 0.283. The van der Waals surface area contributed by atoms with E-state index in [1.807, 2.05) is 0 Å². The highest BCUT2D eigenvalue weighted by Gasteiger charge is 2.19. The van der Waals surface area contributed by atoms with Crippen molar-refractivity contribution in [3.8, 4) is 0 Å². The fraction of sp³-hybridized carbons (Fsp3) is 0.818. The second-order valence-corrected chi connectivity index (χ2v) is 5.35. The average Bonchev–Trinajstić information content (AvgIpc) is 1.81. The second kappa shape index (κ2) is 4.91. The fourth-order valence-electron chi connectivity index (χ4n) is 1.42. The predicted molar refractivity (Wildman–Crippen MR) is 57.8 cm³/mol. The molecular weight excluding hydrogens is 168 g/mol. The quantitative estimate of drug-likeness (QED) is 0.444. The van der Waals surface area contributed by atoms with E-state index in [4.69, 9.17) is 11.6 Å². The highest BCUT2D eigenvalue weighted by atomic mass is 35.5. The normalized spacial score (nSPS) is 14.4. The monoisotopic (exact) mass is 188 g/mol. The van der Waals surface area contributed by atoms with Crippen LogP contribution in [-0.4, -0.2) is 5.38 Å². The van der Waals surface area contributed by atoms with Crippen molar-refractivity contribution >= 4 is 11.6 Å². The van der Waals surface area contributed by atoms with Gasteiger partial charge in [-0.1, -0.05) is 19.4 Å². The molecule has 0 rings (SSSR count). The Kier molecular flexibility index (Phi) is 4.92. The number of hydrogen-bond donors (Lipinski definition) is 0. The fourth-order valence-corrected chi connectivity index (χ4v) is 1.83. The van der Waals surface area contributed by atoms with E-state index in [-0.39, 0.29) is 5.38 Å². The van der Waals surface area contributed by atoms with Crippen molar-refractivity contribution in [1.29, 1.82) is 0 Å². The molecule has 12 heavy (non-hydrogen) atoms. The molecule has 0 heterocycles. The van der Waals surface area contributed by atoms with Crippen LogP contribution in [0.15, 0.2) is 12.2 Å². The van der Waals surface area contributed by atoms with Crippen molar-refractivity contribution in [3.05, 3.63) is 12.2 Å². The van der Waals surface area contributed by atoms with Crippen LogP contribution in [0.3, 0.4) is 0 Å². The maximum absolute atomic E-state index is 5.96. The first kappa shape index (κ1) is 12.0. The lowest BCUT2D eigenvalue weighted by Crippen LogP contribution is -2.15. The van der Waals surface area contributed by atoms with Gasteiger partial charge in [-0.05, 0) is 38.5 Å². The van der Waals surface area contributed by atoms with Gasteiger partial charge in [-0.2, -0.15) is 0 Å². The third-order valence-corrected chi connectivity index (χ3v) is 2.22. The van der Waals surface area contributed by atoms with Crippen LogP contribution in [0, 0.1) is 5.41 Å². The van der Waals surface area contributed by atoms with Crippen LogP contribution in [-0.2, 0) is 0 Å². The predicted octanol–water partition coefficient (Wildman–Crippen LogP) is 4.39. The molecule has 0 N–H and O–H groups in total. The van der Waals surface area contributed by atoms with Gasteiger partial charge in [0, 0.05) is 5.38 Å². The molecule has 0 nitrogen and oxygen atoms in total. The minimum atomic E-state index is 0.283. The van der Waals surface area contributed by atoms with E-state index >= 15 is 0 Å². The zero-order valence-corrected chi connectivity index (χ0v) is 9.54. The molecule has 0 saturated carbocycles. The smallest absolute Gasteiger partial charge is 0.0312 e. The molecule has 0 aromatic carbocycles. The van der Waals surface area contributed by atoms with Gasteiger partial charge in [-0.3, -0.25) is 0 Å². The largest absolute Gasteiger partial charge is 0.123 e. The molecule has 0 spiro atoms. The average molecular weight is 189 g/mol. The van der Waals surface area contributed by atoms with Crippen LogP contribution >= 0.6 is 11.6 Å². The Morgan fingerprint density at radius 1 is 1.50 bits per heavy atom. The van der Waals surface area contributed by atoms with Gasteiger partial charge in [0.1, 0.15) is 0 Å². The summed E-state index contributed by atoms with van der Waals surface area (Å²) in [6.45, 7) is 12.6. The Hall–Kier alpha value is 0.0300. The molecule has 1 atom stereocenters. The summed E-state index contributed by atoms with van der Waals surface area (Å²) < 4.78 is 0. The molecule has 0 aromatic heterocycles. The van der Waals surface area contributed by atoms with Crippen molar-refractivity contribution in [1.82, 2.24) is 0 Å². The van der Waals surface area contributed by atoms with Gasteiger partial charge in [0.25, 0.3) is 0 Å². The summed E-state index contributed by atoms with van der Waals surface area (Å²) in [5.41, 5.74) is 1.63. The van der Waals surface area contributed by atoms with Crippen molar-refractivity contribution in [2.75, 3.05) is 0 Å². The van der Waals surface area contributed by atoms with Gasteiger partial charge >= 0.3 is 0 Å². The van der Waals surface area contributed by atoms with Crippen LogP contribution in [0.2, 0.25) is 0 Å². The molecule has 0 fully saturated rings. The lowest BCUT2D eigenvalue weighted by atomic mass is 9.82. The standard InChI is InChI=1S/C11H21Cl/c1-9(2)6-7-11(4,5)8-10(3)12/h10H,1,6-8H2,2-5H3. The summed E-state index contributed by atoms with van der Waals surface area (Å²) in [5.74, 6) is 0. The molecule has 0 bridgehead atoms. The lowest BCUT2D eigenvalue weighted by Gasteiger charge is -2.25. The molecule has 1 unspecified atom stereocenters. The number of halogens is 1. The molecule has 0 aliphatic rings. The number of allylic oxidation sites excluding steroid dienone is 1. The summed E-state index contributed by atoms with van der Waals surface area (Å²) >= 11 is 5.96. The molecule has 0 amide bonds. The Morgan fingerprint density at radius 2 is 2.00 bits per heavy atom. The molecule has 72 valence electrons. The maximum atomic E-state index is 5.96. The van der Waals surface area contributed by atoms with E-state index in [2.05, 4.69) is 34.3 Å². The molecule has 0 aromatic rings. The van der Waals surface area contributed by atoms with Crippen LogP contribution in [0.4, 0.5) is 0 Å². The van der Waals surface area contributed by atoms with Gasteiger partial charge in [0.15, 0.2) is 0 Å². The van der Waals surface area contributed by atoms with E-state index in [9.17, 15) is 0 Å². The first-order valence-electron chi connectivity index (χ1n) is 4.62. The van der Waals surface area contributed by atoms with Crippen LogP contribution in [0.1, 0.15) is 47.0 Å². The van der Waals surface area contributed by atoms with Crippen molar-refractivity contribution in [2.24, 2.45) is 5.41 Å². The highest BCUT2D eigenvalue weighted by molar-refractivity contribution is 6.20. The molecular formula is C11H21Cl. The first-order chi connectivity index (χ1) is 5.33. The zero-order valence-electron chi connectivity index (χ0n) is 8.78. The molecule has 0 aliphatic heterocycles. The van der Waals surface area contributed by atoms with E-state index in [1.54, 1.807) is 0 Å².